The first-order valence-electron chi connectivity index (χ1n) is 4.60. The Balaban J connectivity index is 3.00. The lowest BCUT2D eigenvalue weighted by molar-refractivity contribution is 0.0732. The summed E-state index contributed by atoms with van der Waals surface area (Å²) in [6.07, 6.45) is 0. The molecule has 0 aliphatic heterocycles. The minimum Gasteiger partial charge on any atom is -0.323 e. The van der Waals surface area contributed by atoms with E-state index in [1.54, 1.807) is 0 Å². The molecule has 0 saturated carbocycles. The molecule has 3 nitrogen and oxygen atoms in total. The van der Waals surface area contributed by atoms with Gasteiger partial charge in [-0.1, -0.05) is 23.2 Å². The molecule has 0 aliphatic rings. The lowest BCUT2D eigenvalue weighted by Gasteiger charge is -2.23. The third-order valence-corrected chi connectivity index (χ3v) is 3.50. The number of carbonyl (C=O) groups is 1. The van der Waals surface area contributed by atoms with Crippen LogP contribution in [0.5, 0.6) is 0 Å². The van der Waals surface area contributed by atoms with Crippen LogP contribution < -0.4 is 0 Å². The topological polar surface area (TPSA) is 44.1 Å². The van der Waals surface area contributed by atoms with Crippen LogP contribution in [0.3, 0.4) is 0 Å². The van der Waals surface area contributed by atoms with Crippen LogP contribution in [-0.2, 0) is 0 Å². The number of hydrogen-bond donors (Lipinski definition) is 0. The molecule has 0 aromatic carbocycles. The van der Waals surface area contributed by atoms with E-state index >= 15 is 0 Å². The van der Waals surface area contributed by atoms with Crippen molar-refractivity contribution in [2.24, 2.45) is 0 Å². The van der Waals surface area contributed by atoms with Gasteiger partial charge in [-0.25, -0.2) is 0 Å². The molecule has 0 spiro atoms. The molecular weight excluding hydrogens is 267 g/mol. The Kier molecular flexibility index (Phi) is 4.60. The first-order chi connectivity index (χ1) is 7.47. The van der Waals surface area contributed by atoms with Crippen LogP contribution in [0.25, 0.3) is 0 Å². The third kappa shape index (κ3) is 2.88. The average Bonchev–Trinajstić information content (AvgIpc) is 2.53. The first-order valence-corrected chi connectivity index (χ1v) is 6.17. The molecule has 1 aromatic rings. The van der Waals surface area contributed by atoms with Gasteiger partial charge < -0.3 is 4.90 Å². The van der Waals surface area contributed by atoms with Crippen molar-refractivity contribution in [2.45, 2.75) is 19.9 Å². The van der Waals surface area contributed by atoms with Crippen LogP contribution >= 0.6 is 34.5 Å². The van der Waals surface area contributed by atoms with Crippen LogP contribution in [0.15, 0.2) is 6.07 Å². The number of hydrogen-bond acceptors (Lipinski definition) is 3. The fourth-order valence-electron chi connectivity index (χ4n) is 1.21. The molecular formula is C10H10Cl2N2OS. The van der Waals surface area contributed by atoms with Crippen molar-refractivity contribution in [3.63, 3.8) is 0 Å². The van der Waals surface area contributed by atoms with Crippen LogP contribution in [-0.4, -0.2) is 23.4 Å². The number of carbonyl (C=O) groups excluding carboxylic acids is 1. The molecule has 16 heavy (non-hydrogen) atoms. The average molecular weight is 277 g/mol. The number of thiophene rings is 1. The standard InChI is InChI=1S/C10H10Cl2N2OS/c1-6(2)14(4-3-13)10(15)7-5-8(11)16-9(7)12/h5-6H,4H2,1-2H3. The van der Waals surface area contributed by atoms with E-state index in [1.165, 1.54) is 11.0 Å². The molecule has 0 radical (unpaired) electrons. The van der Waals surface area contributed by atoms with Gasteiger partial charge in [0, 0.05) is 6.04 Å². The second kappa shape index (κ2) is 5.53. The number of rotatable bonds is 3. The van der Waals surface area contributed by atoms with Crippen molar-refractivity contribution in [1.82, 2.24) is 4.90 Å². The molecule has 0 N–H and O–H groups in total. The molecule has 1 heterocycles. The molecule has 1 amide bonds. The molecule has 0 fully saturated rings. The summed E-state index contributed by atoms with van der Waals surface area (Å²) in [5.74, 6) is -0.260. The summed E-state index contributed by atoms with van der Waals surface area (Å²) in [6.45, 7) is 3.73. The van der Waals surface area contributed by atoms with E-state index < -0.39 is 0 Å². The summed E-state index contributed by atoms with van der Waals surface area (Å²) in [5, 5.41) is 8.66. The summed E-state index contributed by atoms with van der Waals surface area (Å²) in [6, 6.07) is 3.44. The summed E-state index contributed by atoms with van der Waals surface area (Å²) < 4.78 is 0.826. The molecule has 1 aromatic heterocycles. The maximum Gasteiger partial charge on any atom is 0.257 e. The maximum absolute atomic E-state index is 12.0. The van der Waals surface area contributed by atoms with E-state index in [4.69, 9.17) is 28.5 Å². The second-order valence-electron chi connectivity index (χ2n) is 3.42. The van der Waals surface area contributed by atoms with Gasteiger partial charge in [-0.15, -0.1) is 11.3 Å². The Morgan fingerprint density at radius 1 is 1.62 bits per heavy atom. The van der Waals surface area contributed by atoms with Gasteiger partial charge in [0.2, 0.25) is 0 Å². The van der Waals surface area contributed by atoms with Crippen molar-refractivity contribution in [2.75, 3.05) is 6.54 Å². The van der Waals surface area contributed by atoms with Crippen molar-refractivity contribution < 1.29 is 4.79 Å². The van der Waals surface area contributed by atoms with Gasteiger partial charge in [0.25, 0.3) is 5.91 Å². The van der Waals surface area contributed by atoms with E-state index in [9.17, 15) is 4.79 Å². The van der Waals surface area contributed by atoms with Crippen molar-refractivity contribution >= 4 is 40.4 Å². The third-order valence-electron chi connectivity index (χ3n) is 2.01. The largest absolute Gasteiger partial charge is 0.323 e. The van der Waals surface area contributed by atoms with Crippen molar-refractivity contribution in [3.05, 3.63) is 20.3 Å². The Labute approximate surface area is 108 Å². The summed E-state index contributed by atoms with van der Waals surface area (Å²) in [5.41, 5.74) is 0.362. The SMILES string of the molecule is CC(C)N(CC#N)C(=O)c1cc(Cl)sc1Cl. The number of nitriles is 1. The van der Waals surface area contributed by atoms with Crippen LogP contribution in [0.4, 0.5) is 0 Å². The van der Waals surface area contributed by atoms with Gasteiger partial charge in [-0.05, 0) is 19.9 Å². The van der Waals surface area contributed by atoms with E-state index in [2.05, 4.69) is 0 Å². The second-order valence-corrected chi connectivity index (χ2v) is 5.71. The smallest absolute Gasteiger partial charge is 0.257 e. The molecule has 6 heteroatoms. The van der Waals surface area contributed by atoms with Gasteiger partial charge in [0.15, 0.2) is 0 Å². The number of halogens is 2. The Hall–Kier alpha value is -0.760. The maximum atomic E-state index is 12.0. The van der Waals surface area contributed by atoms with Crippen LogP contribution in [0.1, 0.15) is 24.2 Å². The molecule has 1 rings (SSSR count). The quantitative estimate of drug-likeness (QED) is 0.794. The molecule has 0 aliphatic carbocycles. The summed E-state index contributed by atoms with van der Waals surface area (Å²) in [4.78, 5) is 13.5. The zero-order valence-electron chi connectivity index (χ0n) is 8.83. The lowest BCUT2D eigenvalue weighted by atomic mass is 10.2. The van der Waals surface area contributed by atoms with Gasteiger partial charge >= 0.3 is 0 Å². The Morgan fingerprint density at radius 3 is 2.62 bits per heavy atom. The van der Waals surface area contributed by atoms with Gasteiger partial charge in [-0.2, -0.15) is 5.26 Å². The van der Waals surface area contributed by atoms with Gasteiger partial charge in [-0.3, -0.25) is 4.79 Å². The molecule has 0 saturated heterocycles. The predicted molar refractivity (Wildman–Crippen MR) is 66.1 cm³/mol. The minimum absolute atomic E-state index is 0.0420. The fourth-order valence-corrected chi connectivity index (χ4v) is 2.65. The van der Waals surface area contributed by atoms with E-state index in [1.807, 2.05) is 19.9 Å². The zero-order valence-corrected chi connectivity index (χ0v) is 11.2. The molecule has 86 valence electrons. The first kappa shape index (κ1) is 13.3. The zero-order chi connectivity index (χ0) is 12.3. The van der Waals surface area contributed by atoms with Crippen LogP contribution in [0.2, 0.25) is 8.67 Å². The Bertz CT molecular complexity index is 437. The highest BCUT2D eigenvalue weighted by molar-refractivity contribution is 7.20. The highest BCUT2D eigenvalue weighted by atomic mass is 35.5. The lowest BCUT2D eigenvalue weighted by Crippen LogP contribution is -2.37. The van der Waals surface area contributed by atoms with Crippen LogP contribution in [0, 0.1) is 11.3 Å². The Morgan fingerprint density at radius 2 is 2.25 bits per heavy atom. The monoisotopic (exact) mass is 276 g/mol. The minimum atomic E-state index is -0.260. The van der Waals surface area contributed by atoms with Crippen molar-refractivity contribution in [3.8, 4) is 6.07 Å². The number of amides is 1. The summed E-state index contributed by atoms with van der Waals surface area (Å²) in [7, 11) is 0. The highest BCUT2D eigenvalue weighted by Crippen LogP contribution is 2.32. The van der Waals surface area contributed by atoms with E-state index in [-0.39, 0.29) is 18.5 Å². The van der Waals surface area contributed by atoms with E-state index in [0.717, 1.165) is 11.3 Å². The normalized spacial score (nSPS) is 10.2. The molecule has 0 atom stereocenters. The highest BCUT2D eigenvalue weighted by Gasteiger charge is 2.22. The fraction of sp³-hybridized carbons (Fsp3) is 0.400. The van der Waals surface area contributed by atoms with E-state index in [0.29, 0.717) is 14.2 Å². The molecule has 0 bridgehead atoms. The molecule has 0 unspecified atom stereocenters. The van der Waals surface area contributed by atoms with Gasteiger partial charge in [0.1, 0.15) is 10.9 Å². The van der Waals surface area contributed by atoms with Gasteiger partial charge in [0.05, 0.1) is 16.0 Å². The van der Waals surface area contributed by atoms with Crippen molar-refractivity contribution in [1.29, 1.82) is 5.26 Å². The number of nitrogens with zero attached hydrogens (tertiary/aromatic N) is 2. The summed E-state index contributed by atoms with van der Waals surface area (Å²) >= 11 is 12.8. The predicted octanol–water partition coefficient (Wildman–Crippen LogP) is 3.43.